The molecule has 0 saturated carbocycles. The molecule has 23 heavy (non-hydrogen) atoms. The zero-order valence-corrected chi connectivity index (χ0v) is 13.9. The largest absolute Gasteiger partial charge is 0.496 e. The predicted octanol–water partition coefficient (Wildman–Crippen LogP) is 3.09. The quantitative estimate of drug-likeness (QED) is 0.748. The Morgan fingerprint density at radius 2 is 1.78 bits per heavy atom. The highest BCUT2D eigenvalue weighted by molar-refractivity contribution is 5.77. The van der Waals surface area contributed by atoms with Gasteiger partial charge in [0.15, 0.2) is 6.61 Å². The molecule has 1 N–H and O–H groups in total. The molecule has 0 atom stereocenters. The van der Waals surface area contributed by atoms with Crippen molar-refractivity contribution in [3.05, 3.63) is 29.8 Å². The second-order valence-corrected chi connectivity index (χ2v) is 5.55. The Bertz CT molecular complexity index is 532. The van der Waals surface area contributed by atoms with Crippen LogP contribution in [0.25, 0.3) is 0 Å². The third kappa shape index (κ3) is 5.85. The van der Waals surface area contributed by atoms with Crippen molar-refractivity contribution in [2.24, 2.45) is 0 Å². The molecule has 126 valence electrons. The van der Waals surface area contributed by atoms with Gasteiger partial charge in [0.1, 0.15) is 17.2 Å². The average Bonchev–Trinajstić information content (AvgIpc) is 2.60. The van der Waals surface area contributed by atoms with Gasteiger partial charge in [-0.05, 0) is 32.1 Å². The zero-order valence-electron chi connectivity index (χ0n) is 13.9. The Balaban J connectivity index is 1.74. The average molecular weight is 319 g/mol. The summed E-state index contributed by atoms with van der Waals surface area (Å²) in [5.74, 6) is 1.68. The van der Waals surface area contributed by atoms with Gasteiger partial charge in [0.25, 0.3) is 5.91 Å². The van der Waals surface area contributed by atoms with E-state index >= 15 is 0 Å². The maximum atomic E-state index is 11.8. The van der Waals surface area contributed by atoms with Crippen LogP contribution < -0.4 is 19.5 Å². The number of allylic oxidation sites excluding steroid dienone is 1. The predicted molar refractivity (Wildman–Crippen MR) is 89.2 cm³/mol. The highest BCUT2D eigenvalue weighted by Crippen LogP contribution is 2.27. The first-order valence-corrected chi connectivity index (χ1v) is 8.01. The van der Waals surface area contributed by atoms with E-state index < -0.39 is 0 Å². The van der Waals surface area contributed by atoms with Crippen LogP contribution in [0.1, 0.15) is 32.1 Å². The lowest BCUT2D eigenvalue weighted by Crippen LogP contribution is -2.30. The van der Waals surface area contributed by atoms with Crippen molar-refractivity contribution in [2.45, 2.75) is 32.1 Å². The summed E-state index contributed by atoms with van der Waals surface area (Å²) in [5.41, 5.74) is 1.45. The van der Waals surface area contributed by atoms with Crippen molar-refractivity contribution >= 4 is 5.91 Å². The molecule has 0 heterocycles. The van der Waals surface area contributed by atoms with Crippen molar-refractivity contribution < 1.29 is 19.0 Å². The van der Waals surface area contributed by atoms with Crippen LogP contribution in [0.4, 0.5) is 0 Å². The van der Waals surface area contributed by atoms with E-state index in [9.17, 15) is 4.79 Å². The van der Waals surface area contributed by atoms with Gasteiger partial charge >= 0.3 is 0 Å². The highest BCUT2D eigenvalue weighted by atomic mass is 16.5. The van der Waals surface area contributed by atoms with Crippen LogP contribution in [0.3, 0.4) is 0 Å². The first kappa shape index (κ1) is 17.2. The van der Waals surface area contributed by atoms with Crippen LogP contribution in [-0.4, -0.2) is 33.3 Å². The molecule has 0 bridgehead atoms. The molecule has 1 aliphatic carbocycles. The minimum atomic E-state index is -0.122. The number of hydrogen-bond acceptors (Lipinski definition) is 4. The van der Waals surface area contributed by atoms with E-state index in [1.807, 2.05) is 0 Å². The third-order valence-electron chi connectivity index (χ3n) is 3.85. The molecule has 1 aliphatic rings. The molecule has 0 fully saturated rings. The summed E-state index contributed by atoms with van der Waals surface area (Å²) in [5, 5.41) is 2.89. The summed E-state index contributed by atoms with van der Waals surface area (Å²) in [6.07, 6.45) is 8.11. The van der Waals surface area contributed by atoms with E-state index in [1.54, 1.807) is 32.4 Å². The number of ether oxygens (including phenoxy) is 3. The summed E-state index contributed by atoms with van der Waals surface area (Å²) < 4.78 is 15.8. The lowest BCUT2D eigenvalue weighted by molar-refractivity contribution is -0.123. The van der Waals surface area contributed by atoms with Gasteiger partial charge in [-0.3, -0.25) is 4.79 Å². The SMILES string of the molecule is COc1cc(OC)cc(OCC(=O)NCCC2=CCCCC2)c1. The third-order valence-corrected chi connectivity index (χ3v) is 3.85. The number of methoxy groups -OCH3 is 2. The van der Waals surface area contributed by atoms with Gasteiger partial charge in [0.05, 0.1) is 14.2 Å². The molecular formula is C18H25NO4. The lowest BCUT2D eigenvalue weighted by Gasteiger charge is -2.13. The summed E-state index contributed by atoms with van der Waals surface area (Å²) in [6.45, 7) is 0.644. The molecule has 2 rings (SSSR count). The maximum absolute atomic E-state index is 11.8. The van der Waals surface area contributed by atoms with E-state index in [0.29, 0.717) is 23.8 Å². The van der Waals surface area contributed by atoms with Crippen molar-refractivity contribution in [1.29, 1.82) is 0 Å². The number of rotatable bonds is 8. The van der Waals surface area contributed by atoms with E-state index in [1.165, 1.54) is 24.8 Å². The fourth-order valence-corrected chi connectivity index (χ4v) is 2.56. The summed E-state index contributed by atoms with van der Waals surface area (Å²) in [6, 6.07) is 5.20. The fourth-order valence-electron chi connectivity index (χ4n) is 2.56. The van der Waals surface area contributed by atoms with E-state index in [0.717, 1.165) is 12.8 Å². The Kier molecular flexibility index (Phi) is 6.78. The molecule has 1 aromatic rings. The van der Waals surface area contributed by atoms with Crippen molar-refractivity contribution in [3.8, 4) is 17.2 Å². The standard InChI is InChI=1S/C18H25NO4/c1-21-15-10-16(22-2)12-17(11-15)23-13-18(20)19-9-8-14-6-4-3-5-7-14/h6,10-12H,3-5,7-9,13H2,1-2H3,(H,19,20). The van der Waals surface area contributed by atoms with Gasteiger partial charge in [-0.25, -0.2) is 0 Å². The van der Waals surface area contributed by atoms with Crippen molar-refractivity contribution in [2.75, 3.05) is 27.4 Å². The van der Waals surface area contributed by atoms with Gasteiger partial charge in [0, 0.05) is 24.7 Å². The number of carbonyl (C=O) groups excluding carboxylic acids is 1. The Morgan fingerprint density at radius 3 is 2.39 bits per heavy atom. The van der Waals surface area contributed by atoms with Gasteiger partial charge in [-0.15, -0.1) is 0 Å². The van der Waals surface area contributed by atoms with Gasteiger partial charge in [0.2, 0.25) is 0 Å². The number of carbonyl (C=O) groups is 1. The molecule has 1 aromatic carbocycles. The van der Waals surface area contributed by atoms with Gasteiger partial charge < -0.3 is 19.5 Å². The lowest BCUT2D eigenvalue weighted by atomic mass is 9.97. The Morgan fingerprint density at radius 1 is 1.09 bits per heavy atom. The second kappa shape index (κ2) is 9.08. The van der Waals surface area contributed by atoms with Gasteiger partial charge in [-0.2, -0.15) is 0 Å². The fraction of sp³-hybridized carbons (Fsp3) is 0.500. The summed E-state index contributed by atoms with van der Waals surface area (Å²) in [7, 11) is 3.15. The molecule has 1 amide bonds. The summed E-state index contributed by atoms with van der Waals surface area (Å²) >= 11 is 0. The highest BCUT2D eigenvalue weighted by Gasteiger charge is 2.07. The number of amides is 1. The molecule has 0 aromatic heterocycles. The Hall–Kier alpha value is -2.17. The van der Waals surface area contributed by atoms with Crippen LogP contribution >= 0.6 is 0 Å². The molecule has 0 saturated heterocycles. The number of nitrogens with one attached hydrogen (secondary N) is 1. The normalized spacial score (nSPS) is 13.9. The zero-order chi connectivity index (χ0) is 16.5. The molecule has 5 nitrogen and oxygen atoms in total. The second-order valence-electron chi connectivity index (χ2n) is 5.55. The van der Waals surface area contributed by atoms with E-state index in [2.05, 4.69) is 11.4 Å². The molecule has 0 aliphatic heterocycles. The topological polar surface area (TPSA) is 56.8 Å². The van der Waals surface area contributed by atoms with E-state index in [4.69, 9.17) is 14.2 Å². The van der Waals surface area contributed by atoms with Crippen LogP contribution in [-0.2, 0) is 4.79 Å². The number of benzene rings is 1. The van der Waals surface area contributed by atoms with E-state index in [-0.39, 0.29) is 12.5 Å². The monoisotopic (exact) mass is 319 g/mol. The van der Waals surface area contributed by atoms with Crippen LogP contribution in [0.15, 0.2) is 29.8 Å². The van der Waals surface area contributed by atoms with Crippen LogP contribution in [0, 0.1) is 0 Å². The molecular weight excluding hydrogens is 294 g/mol. The van der Waals surface area contributed by atoms with Gasteiger partial charge in [-0.1, -0.05) is 11.6 Å². The molecule has 0 spiro atoms. The first-order valence-electron chi connectivity index (χ1n) is 8.01. The minimum absolute atomic E-state index is 0.0185. The smallest absolute Gasteiger partial charge is 0.257 e. The minimum Gasteiger partial charge on any atom is -0.496 e. The molecule has 0 radical (unpaired) electrons. The number of hydrogen-bond donors (Lipinski definition) is 1. The maximum Gasteiger partial charge on any atom is 0.257 e. The molecule has 0 unspecified atom stereocenters. The van der Waals surface area contributed by atoms with Crippen molar-refractivity contribution in [1.82, 2.24) is 5.32 Å². The molecule has 5 heteroatoms. The van der Waals surface area contributed by atoms with Crippen molar-refractivity contribution in [3.63, 3.8) is 0 Å². The summed E-state index contributed by atoms with van der Waals surface area (Å²) in [4.78, 5) is 11.8. The Labute approximate surface area is 137 Å². The van der Waals surface area contributed by atoms with Crippen LogP contribution in [0.5, 0.6) is 17.2 Å². The van der Waals surface area contributed by atoms with Crippen LogP contribution in [0.2, 0.25) is 0 Å². The first-order chi connectivity index (χ1) is 11.2.